The molecule has 0 saturated heterocycles. The second kappa shape index (κ2) is 9.00. The van der Waals surface area contributed by atoms with Gasteiger partial charge in [0.2, 0.25) is 0 Å². The summed E-state index contributed by atoms with van der Waals surface area (Å²) in [5, 5.41) is 13.0. The first kappa shape index (κ1) is 21.2. The summed E-state index contributed by atoms with van der Waals surface area (Å²) in [4.78, 5) is 26.1. The predicted octanol–water partition coefficient (Wildman–Crippen LogP) is 5.18. The standard InChI is InChI=1S/C24H20Cl2N2O3/c25-20-9-6-16(12-21(20)26)14-28-11-10-17-2-1-3-19(22(17)28)23(29)27-13-15-4-7-18(8-5-15)24(30)31/h1-9,12H,10-11,13-14H2,(H,27,29)(H,30,31). The Kier molecular flexibility index (Phi) is 6.16. The van der Waals surface area contributed by atoms with Crippen molar-refractivity contribution in [1.82, 2.24) is 5.32 Å². The molecule has 1 amide bonds. The number of nitrogens with one attached hydrogen (secondary N) is 1. The van der Waals surface area contributed by atoms with Gasteiger partial charge in [-0.05, 0) is 53.4 Å². The van der Waals surface area contributed by atoms with Crippen molar-refractivity contribution in [3.8, 4) is 0 Å². The Hall–Kier alpha value is -3.02. The van der Waals surface area contributed by atoms with E-state index in [9.17, 15) is 9.59 Å². The number of benzene rings is 3. The molecule has 158 valence electrons. The lowest BCUT2D eigenvalue weighted by atomic mass is 10.1. The van der Waals surface area contributed by atoms with Gasteiger partial charge in [-0.25, -0.2) is 4.79 Å². The highest BCUT2D eigenvalue weighted by Gasteiger charge is 2.25. The summed E-state index contributed by atoms with van der Waals surface area (Å²) in [6, 6.07) is 17.8. The minimum atomic E-state index is -0.975. The molecule has 3 aromatic rings. The van der Waals surface area contributed by atoms with Crippen LogP contribution >= 0.6 is 23.2 Å². The number of carboxylic acid groups (broad SMARTS) is 1. The molecule has 4 rings (SSSR count). The number of para-hydroxylation sites is 1. The summed E-state index contributed by atoms with van der Waals surface area (Å²) in [7, 11) is 0. The molecule has 0 fully saturated rings. The van der Waals surface area contributed by atoms with Gasteiger partial charge in [0.25, 0.3) is 5.91 Å². The number of carbonyl (C=O) groups excluding carboxylic acids is 1. The molecular formula is C24H20Cl2N2O3. The largest absolute Gasteiger partial charge is 0.478 e. The Morgan fingerprint density at radius 1 is 0.968 bits per heavy atom. The third-order valence-corrected chi connectivity index (χ3v) is 6.08. The molecule has 1 aliphatic rings. The molecule has 7 heteroatoms. The highest BCUT2D eigenvalue weighted by Crippen LogP contribution is 2.34. The molecule has 3 aromatic carbocycles. The van der Waals surface area contributed by atoms with Crippen molar-refractivity contribution < 1.29 is 14.7 Å². The van der Waals surface area contributed by atoms with E-state index in [-0.39, 0.29) is 11.5 Å². The van der Waals surface area contributed by atoms with Crippen LogP contribution in [0.2, 0.25) is 10.0 Å². The molecule has 0 bridgehead atoms. The van der Waals surface area contributed by atoms with E-state index < -0.39 is 5.97 Å². The molecule has 0 radical (unpaired) electrons. The molecule has 1 heterocycles. The summed E-state index contributed by atoms with van der Waals surface area (Å²) in [6.07, 6.45) is 0.869. The molecular weight excluding hydrogens is 435 g/mol. The van der Waals surface area contributed by atoms with Gasteiger partial charge in [-0.2, -0.15) is 0 Å². The van der Waals surface area contributed by atoms with E-state index in [0.717, 1.165) is 35.3 Å². The van der Waals surface area contributed by atoms with E-state index in [2.05, 4.69) is 10.2 Å². The molecule has 0 unspecified atom stereocenters. The van der Waals surface area contributed by atoms with Crippen molar-refractivity contribution in [3.05, 3.63) is 98.5 Å². The van der Waals surface area contributed by atoms with Crippen molar-refractivity contribution in [3.63, 3.8) is 0 Å². The Morgan fingerprint density at radius 3 is 2.42 bits per heavy atom. The minimum absolute atomic E-state index is 0.166. The predicted molar refractivity (Wildman–Crippen MR) is 122 cm³/mol. The quantitative estimate of drug-likeness (QED) is 0.537. The first-order chi connectivity index (χ1) is 14.9. The number of carboxylic acids is 1. The average molecular weight is 455 g/mol. The first-order valence-electron chi connectivity index (χ1n) is 9.83. The maximum atomic E-state index is 13.0. The van der Waals surface area contributed by atoms with E-state index in [0.29, 0.717) is 28.7 Å². The summed E-state index contributed by atoms with van der Waals surface area (Å²) >= 11 is 12.2. The maximum Gasteiger partial charge on any atom is 0.335 e. The van der Waals surface area contributed by atoms with Crippen molar-refractivity contribution in [2.45, 2.75) is 19.5 Å². The van der Waals surface area contributed by atoms with E-state index >= 15 is 0 Å². The molecule has 2 N–H and O–H groups in total. The van der Waals surface area contributed by atoms with Crippen LogP contribution in [0.15, 0.2) is 60.7 Å². The van der Waals surface area contributed by atoms with E-state index in [1.807, 2.05) is 30.3 Å². The van der Waals surface area contributed by atoms with Crippen LogP contribution in [0, 0.1) is 0 Å². The molecule has 1 aliphatic heterocycles. The van der Waals surface area contributed by atoms with Crippen LogP contribution in [0.1, 0.15) is 37.4 Å². The fourth-order valence-corrected chi connectivity index (χ4v) is 4.10. The van der Waals surface area contributed by atoms with Crippen molar-refractivity contribution >= 4 is 40.8 Å². The molecule has 0 spiro atoms. The van der Waals surface area contributed by atoms with Crippen molar-refractivity contribution in [2.75, 3.05) is 11.4 Å². The van der Waals surface area contributed by atoms with Gasteiger partial charge in [0.05, 0.1) is 26.9 Å². The second-order valence-electron chi connectivity index (χ2n) is 7.42. The highest BCUT2D eigenvalue weighted by atomic mass is 35.5. The summed E-state index contributed by atoms with van der Waals surface area (Å²) in [6.45, 7) is 1.76. The number of anilines is 1. The Morgan fingerprint density at radius 2 is 1.71 bits per heavy atom. The van der Waals surface area contributed by atoms with Gasteiger partial charge < -0.3 is 15.3 Å². The fourth-order valence-electron chi connectivity index (χ4n) is 3.78. The number of carbonyl (C=O) groups is 2. The second-order valence-corrected chi connectivity index (χ2v) is 8.23. The van der Waals surface area contributed by atoms with Gasteiger partial charge in [-0.3, -0.25) is 4.79 Å². The van der Waals surface area contributed by atoms with Gasteiger partial charge >= 0.3 is 5.97 Å². The third kappa shape index (κ3) is 4.68. The minimum Gasteiger partial charge on any atom is -0.478 e. The van der Waals surface area contributed by atoms with E-state index in [1.165, 1.54) is 12.1 Å². The molecule has 31 heavy (non-hydrogen) atoms. The molecule has 0 saturated carbocycles. The normalized spacial score (nSPS) is 12.5. The zero-order valence-electron chi connectivity index (χ0n) is 16.6. The lowest BCUT2D eigenvalue weighted by Gasteiger charge is -2.22. The average Bonchev–Trinajstić information content (AvgIpc) is 3.18. The van der Waals surface area contributed by atoms with Gasteiger partial charge in [-0.1, -0.05) is 53.5 Å². The van der Waals surface area contributed by atoms with Crippen LogP contribution in [-0.4, -0.2) is 23.5 Å². The number of aromatic carboxylic acids is 1. The van der Waals surface area contributed by atoms with Gasteiger partial charge in [0.15, 0.2) is 0 Å². The smallest absolute Gasteiger partial charge is 0.335 e. The van der Waals surface area contributed by atoms with Crippen LogP contribution in [0.4, 0.5) is 5.69 Å². The maximum absolute atomic E-state index is 13.0. The van der Waals surface area contributed by atoms with E-state index in [1.54, 1.807) is 18.2 Å². The molecule has 0 aliphatic carbocycles. The number of hydrogen-bond donors (Lipinski definition) is 2. The zero-order valence-corrected chi connectivity index (χ0v) is 18.1. The molecule has 5 nitrogen and oxygen atoms in total. The van der Waals surface area contributed by atoms with Crippen LogP contribution in [-0.2, 0) is 19.5 Å². The number of fused-ring (bicyclic) bond motifs is 1. The summed E-state index contributed by atoms with van der Waals surface area (Å²) in [5.41, 5.74) is 4.77. The third-order valence-electron chi connectivity index (χ3n) is 5.34. The number of halogens is 2. The van der Waals surface area contributed by atoms with Crippen LogP contribution in [0.3, 0.4) is 0 Å². The van der Waals surface area contributed by atoms with E-state index in [4.69, 9.17) is 28.3 Å². The number of rotatable bonds is 6. The Labute approximate surface area is 190 Å². The number of amides is 1. The molecule has 0 atom stereocenters. The van der Waals surface area contributed by atoms with Crippen LogP contribution in [0.25, 0.3) is 0 Å². The topological polar surface area (TPSA) is 69.6 Å². The number of nitrogens with zero attached hydrogens (tertiary/aromatic N) is 1. The SMILES string of the molecule is O=C(O)c1ccc(CNC(=O)c2cccc3c2N(Cc2ccc(Cl)c(Cl)c2)CC3)cc1. The van der Waals surface area contributed by atoms with Gasteiger partial charge in [-0.15, -0.1) is 0 Å². The van der Waals surface area contributed by atoms with Gasteiger partial charge in [0, 0.05) is 19.6 Å². The highest BCUT2D eigenvalue weighted by molar-refractivity contribution is 6.42. The van der Waals surface area contributed by atoms with Gasteiger partial charge in [0.1, 0.15) is 0 Å². The Bertz CT molecular complexity index is 1150. The van der Waals surface area contributed by atoms with Crippen LogP contribution < -0.4 is 10.2 Å². The summed E-state index contributed by atoms with van der Waals surface area (Å²) < 4.78 is 0. The van der Waals surface area contributed by atoms with Crippen LogP contribution in [0.5, 0.6) is 0 Å². The molecule has 0 aromatic heterocycles. The lowest BCUT2D eigenvalue weighted by molar-refractivity contribution is 0.0696. The zero-order chi connectivity index (χ0) is 22.0. The Balaban J connectivity index is 1.50. The lowest BCUT2D eigenvalue weighted by Crippen LogP contribution is -2.27. The van der Waals surface area contributed by atoms with Crippen molar-refractivity contribution in [2.24, 2.45) is 0 Å². The fraction of sp³-hybridized carbons (Fsp3) is 0.167. The first-order valence-corrected chi connectivity index (χ1v) is 10.6. The monoisotopic (exact) mass is 454 g/mol. The van der Waals surface area contributed by atoms with Crippen molar-refractivity contribution in [1.29, 1.82) is 0 Å². The summed E-state index contributed by atoms with van der Waals surface area (Å²) in [5.74, 6) is -1.14. The number of hydrogen-bond acceptors (Lipinski definition) is 3.